The molecular formula is C19H18N2O2S. The summed E-state index contributed by atoms with van der Waals surface area (Å²) in [5.41, 5.74) is 3.50. The van der Waals surface area contributed by atoms with Gasteiger partial charge in [0.15, 0.2) is 0 Å². The normalized spacial score (nSPS) is 14.2. The number of nitrogens with zero attached hydrogens (tertiary/aromatic N) is 2. The Hall–Kier alpha value is -2.40. The Morgan fingerprint density at radius 1 is 1.04 bits per heavy atom. The summed E-state index contributed by atoms with van der Waals surface area (Å²) in [5.74, 6) is 0.564. The lowest BCUT2D eigenvalue weighted by Gasteiger charge is -2.20. The fourth-order valence-electron chi connectivity index (χ4n) is 3.22. The Morgan fingerprint density at radius 3 is 2.67 bits per heavy atom. The highest BCUT2D eigenvalue weighted by molar-refractivity contribution is 7.92. The minimum absolute atomic E-state index is 0.366. The zero-order valence-corrected chi connectivity index (χ0v) is 14.5. The monoisotopic (exact) mass is 338 g/mol. The van der Waals surface area contributed by atoms with Gasteiger partial charge in [-0.2, -0.15) is 0 Å². The van der Waals surface area contributed by atoms with Gasteiger partial charge >= 0.3 is 0 Å². The molecule has 0 atom stereocenters. The van der Waals surface area contributed by atoms with E-state index in [1.54, 1.807) is 6.07 Å². The Morgan fingerprint density at radius 2 is 1.83 bits per heavy atom. The first-order valence-electron chi connectivity index (χ1n) is 7.95. The highest BCUT2D eigenvalue weighted by atomic mass is 32.2. The summed E-state index contributed by atoms with van der Waals surface area (Å²) in [4.78, 5) is 4.99. The van der Waals surface area contributed by atoms with Crippen LogP contribution < -0.4 is 4.31 Å². The lowest BCUT2D eigenvalue weighted by atomic mass is 10.1. The topological polar surface area (TPSA) is 50.3 Å². The molecule has 4 rings (SSSR count). The van der Waals surface area contributed by atoms with Crippen LogP contribution in [-0.4, -0.2) is 19.9 Å². The number of benzene rings is 2. The van der Waals surface area contributed by atoms with E-state index in [-0.39, 0.29) is 0 Å². The molecule has 3 aromatic rings. The molecule has 0 saturated heterocycles. The predicted octanol–water partition coefficient (Wildman–Crippen LogP) is 3.60. The molecule has 0 amide bonds. The molecule has 0 bridgehead atoms. The van der Waals surface area contributed by atoms with Gasteiger partial charge in [0.2, 0.25) is 0 Å². The van der Waals surface area contributed by atoms with Crippen molar-refractivity contribution < 1.29 is 8.42 Å². The van der Waals surface area contributed by atoms with Crippen molar-refractivity contribution in [1.82, 2.24) is 4.98 Å². The van der Waals surface area contributed by atoms with Crippen molar-refractivity contribution in [3.8, 4) is 0 Å². The first kappa shape index (κ1) is 15.1. The number of rotatable bonds is 2. The summed E-state index contributed by atoms with van der Waals surface area (Å²) in [6, 6.07) is 15.4. The summed E-state index contributed by atoms with van der Waals surface area (Å²) >= 11 is 0. The van der Waals surface area contributed by atoms with Crippen molar-refractivity contribution in [1.29, 1.82) is 0 Å². The minimum atomic E-state index is -3.60. The van der Waals surface area contributed by atoms with Crippen LogP contribution >= 0.6 is 0 Å². The summed E-state index contributed by atoms with van der Waals surface area (Å²) in [5, 5.41) is 1.04. The minimum Gasteiger partial charge on any atom is -0.249 e. The SMILES string of the molecule is Cc1ccc(C)c(S(=O)(=O)N2CCc3cc4ccccc4nc32)c1. The van der Waals surface area contributed by atoms with Crippen LogP contribution in [-0.2, 0) is 16.4 Å². The standard InChI is InChI=1S/C19H18N2O2S/c1-13-7-8-14(2)18(11-13)24(22,23)21-10-9-16-12-15-5-3-4-6-17(15)20-19(16)21/h3-8,11-12H,9-10H2,1-2H3. The van der Waals surface area contributed by atoms with E-state index in [1.807, 2.05) is 50.2 Å². The van der Waals surface area contributed by atoms with Gasteiger partial charge in [0.05, 0.1) is 10.4 Å². The summed E-state index contributed by atoms with van der Waals surface area (Å²) < 4.78 is 27.8. The lowest BCUT2D eigenvalue weighted by Crippen LogP contribution is -2.30. The van der Waals surface area contributed by atoms with Gasteiger partial charge in [-0.05, 0) is 55.2 Å². The van der Waals surface area contributed by atoms with Crippen LogP contribution in [0, 0.1) is 13.8 Å². The molecule has 2 heterocycles. The van der Waals surface area contributed by atoms with E-state index in [2.05, 4.69) is 11.1 Å². The molecule has 5 heteroatoms. The largest absolute Gasteiger partial charge is 0.265 e. The number of sulfonamides is 1. The zero-order valence-electron chi connectivity index (χ0n) is 13.7. The Bertz CT molecular complexity index is 1060. The molecule has 1 aromatic heterocycles. The summed E-state index contributed by atoms with van der Waals surface area (Å²) in [6.07, 6.45) is 0.692. The number of fused-ring (bicyclic) bond motifs is 2. The quantitative estimate of drug-likeness (QED) is 0.717. The second-order valence-electron chi connectivity index (χ2n) is 6.26. The van der Waals surface area contributed by atoms with Gasteiger partial charge < -0.3 is 0 Å². The second-order valence-corrected chi connectivity index (χ2v) is 8.09. The number of hydrogen-bond acceptors (Lipinski definition) is 3. The van der Waals surface area contributed by atoms with E-state index >= 15 is 0 Å². The fraction of sp³-hybridized carbons (Fsp3) is 0.211. The third-order valence-corrected chi connectivity index (χ3v) is 6.44. The zero-order chi connectivity index (χ0) is 16.9. The van der Waals surface area contributed by atoms with Crippen LogP contribution in [0.25, 0.3) is 10.9 Å². The van der Waals surface area contributed by atoms with E-state index in [0.717, 1.165) is 27.6 Å². The van der Waals surface area contributed by atoms with Crippen LogP contribution in [0.5, 0.6) is 0 Å². The van der Waals surface area contributed by atoms with Crippen molar-refractivity contribution in [3.63, 3.8) is 0 Å². The van der Waals surface area contributed by atoms with Gasteiger partial charge in [-0.15, -0.1) is 0 Å². The van der Waals surface area contributed by atoms with Gasteiger partial charge in [0.25, 0.3) is 10.0 Å². The maximum absolute atomic E-state index is 13.2. The maximum atomic E-state index is 13.2. The third-order valence-electron chi connectivity index (χ3n) is 4.51. The molecule has 24 heavy (non-hydrogen) atoms. The number of pyridine rings is 1. The van der Waals surface area contributed by atoms with E-state index < -0.39 is 10.0 Å². The van der Waals surface area contributed by atoms with Gasteiger partial charge in [0.1, 0.15) is 5.82 Å². The number of aryl methyl sites for hydroxylation is 2. The number of para-hydroxylation sites is 1. The first-order chi connectivity index (χ1) is 11.5. The molecule has 0 N–H and O–H groups in total. The van der Waals surface area contributed by atoms with E-state index in [0.29, 0.717) is 23.7 Å². The van der Waals surface area contributed by atoms with E-state index in [4.69, 9.17) is 0 Å². The Kier molecular flexibility index (Phi) is 3.35. The summed E-state index contributed by atoms with van der Waals surface area (Å²) in [7, 11) is -3.60. The number of hydrogen-bond donors (Lipinski definition) is 0. The smallest absolute Gasteiger partial charge is 0.249 e. The average Bonchev–Trinajstić information content (AvgIpc) is 2.98. The molecule has 0 fully saturated rings. The van der Waals surface area contributed by atoms with Crippen LogP contribution in [0.15, 0.2) is 53.4 Å². The van der Waals surface area contributed by atoms with Crippen LogP contribution in [0.3, 0.4) is 0 Å². The molecule has 1 aliphatic heterocycles. The van der Waals surface area contributed by atoms with Crippen molar-refractivity contribution >= 4 is 26.7 Å². The predicted molar refractivity (Wildman–Crippen MR) is 95.9 cm³/mol. The van der Waals surface area contributed by atoms with E-state index in [9.17, 15) is 8.42 Å². The highest BCUT2D eigenvalue weighted by Crippen LogP contribution is 2.34. The molecule has 0 radical (unpaired) electrons. The van der Waals surface area contributed by atoms with Crippen LogP contribution in [0.2, 0.25) is 0 Å². The maximum Gasteiger partial charge on any atom is 0.265 e. The van der Waals surface area contributed by atoms with Gasteiger partial charge in [-0.1, -0.05) is 30.3 Å². The highest BCUT2D eigenvalue weighted by Gasteiger charge is 2.33. The van der Waals surface area contributed by atoms with Gasteiger partial charge in [-0.3, -0.25) is 0 Å². The average molecular weight is 338 g/mol. The van der Waals surface area contributed by atoms with Gasteiger partial charge in [-0.25, -0.2) is 17.7 Å². The number of aromatic nitrogens is 1. The van der Waals surface area contributed by atoms with Gasteiger partial charge in [0, 0.05) is 11.9 Å². The molecule has 0 spiro atoms. The van der Waals surface area contributed by atoms with Crippen LogP contribution in [0.4, 0.5) is 5.82 Å². The van der Waals surface area contributed by atoms with Crippen molar-refractivity contribution in [2.45, 2.75) is 25.2 Å². The molecule has 1 aliphatic rings. The van der Waals surface area contributed by atoms with Crippen molar-refractivity contribution in [2.24, 2.45) is 0 Å². The molecule has 0 unspecified atom stereocenters. The summed E-state index contributed by atoms with van der Waals surface area (Å²) in [6.45, 7) is 4.17. The van der Waals surface area contributed by atoms with Crippen LogP contribution in [0.1, 0.15) is 16.7 Å². The molecule has 0 saturated carbocycles. The third kappa shape index (κ3) is 2.27. The fourth-order valence-corrected chi connectivity index (χ4v) is 4.98. The molecule has 4 nitrogen and oxygen atoms in total. The molecule has 2 aromatic carbocycles. The Labute approximate surface area is 141 Å². The first-order valence-corrected chi connectivity index (χ1v) is 9.39. The molecule has 0 aliphatic carbocycles. The molecule has 122 valence electrons. The van der Waals surface area contributed by atoms with Crippen molar-refractivity contribution in [2.75, 3.05) is 10.8 Å². The van der Waals surface area contributed by atoms with Crippen molar-refractivity contribution in [3.05, 3.63) is 65.2 Å². The molecular weight excluding hydrogens is 320 g/mol. The lowest BCUT2D eigenvalue weighted by molar-refractivity contribution is 0.591. The Balaban J connectivity index is 1.88. The van der Waals surface area contributed by atoms with E-state index in [1.165, 1.54) is 4.31 Å². The second kappa shape index (κ2) is 5.31. The number of anilines is 1.